The lowest BCUT2D eigenvalue weighted by Crippen LogP contribution is -2.11. The summed E-state index contributed by atoms with van der Waals surface area (Å²) in [6.07, 6.45) is 4.52. The first-order valence-corrected chi connectivity index (χ1v) is 5.18. The van der Waals surface area contributed by atoms with Crippen LogP contribution in [0.15, 0.2) is 46.1 Å². The fourth-order valence-corrected chi connectivity index (χ4v) is 2.02. The SMILES string of the molecule is C=C1CC=Cc2oc3ccccc3c(=O)c21. The summed E-state index contributed by atoms with van der Waals surface area (Å²) in [7, 11) is 0. The standard InChI is InChI=1S/C14H10O2/c1-9-5-4-8-12-13(9)14(15)10-6-2-3-7-11(10)16-12/h2-4,6-8H,1,5H2. The van der Waals surface area contributed by atoms with Gasteiger partial charge in [0.2, 0.25) is 5.43 Å². The summed E-state index contributed by atoms with van der Waals surface area (Å²) in [5.41, 5.74) is 2.11. The van der Waals surface area contributed by atoms with Crippen molar-refractivity contribution >= 4 is 22.6 Å². The van der Waals surface area contributed by atoms with Gasteiger partial charge in [-0.15, -0.1) is 0 Å². The van der Waals surface area contributed by atoms with Crippen LogP contribution in [0.1, 0.15) is 17.7 Å². The maximum atomic E-state index is 12.2. The lowest BCUT2D eigenvalue weighted by atomic mass is 9.97. The minimum atomic E-state index is 0.0196. The molecule has 0 unspecified atom stereocenters. The van der Waals surface area contributed by atoms with Gasteiger partial charge in [-0.25, -0.2) is 0 Å². The van der Waals surface area contributed by atoms with E-state index in [2.05, 4.69) is 6.58 Å². The summed E-state index contributed by atoms with van der Waals surface area (Å²) in [6.45, 7) is 3.91. The second-order valence-electron chi connectivity index (χ2n) is 3.88. The molecule has 78 valence electrons. The molecule has 2 nitrogen and oxygen atoms in total. The number of hydrogen-bond acceptors (Lipinski definition) is 2. The van der Waals surface area contributed by atoms with Crippen LogP contribution in [-0.2, 0) is 0 Å². The Morgan fingerprint density at radius 2 is 2.06 bits per heavy atom. The Morgan fingerprint density at radius 3 is 2.94 bits per heavy atom. The molecule has 0 atom stereocenters. The summed E-state index contributed by atoms with van der Waals surface area (Å²) in [5.74, 6) is 0.625. The van der Waals surface area contributed by atoms with Crippen LogP contribution in [-0.4, -0.2) is 0 Å². The second-order valence-corrected chi connectivity index (χ2v) is 3.88. The highest BCUT2D eigenvalue weighted by Crippen LogP contribution is 2.27. The van der Waals surface area contributed by atoms with Crippen molar-refractivity contribution in [3.63, 3.8) is 0 Å². The van der Waals surface area contributed by atoms with E-state index in [0.717, 1.165) is 12.0 Å². The predicted molar refractivity (Wildman–Crippen MR) is 65.2 cm³/mol. The first-order valence-electron chi connectivity index (χ1n) is 5.18. The Hall–Kier alpha value is -2.09. The van der Waals surface area contributed by atoms with Crippen molar-refractivity contribution in [2.45, 2.75) is 6.42 Å². The molecule has 0 N–H and O–H groups in total. The molecule has 1 aromatic heterocycles. The quantitative estimate of drug-likeness (QED) is 0.668. The Balaban J connectivity index is 2.52. The van der Waals surface area contributed by atoms with Crippen LogP contribution in [0.5, 0.6) is 0 Å². The molecule has 16 heavy (non-hydrogen) atoms. The maximum Gasteiger partial charge on any atom is 0.200 e. The largest absolute Gasteiger partial charge is 0.456 e. The van der Waals surface area contributed by atoms with Crippen molar-refractivity contribution in [2.75, 3.05) is 0 Å². The monoisotopic (exact) mass is 210 g/mol. The van der Waals surface area contributed by atoms with E-state index in [1.165, 1.54) is 0 Å². The average molecular weight is 210 g/mol. The van der Waals surface area contributed by atoms with Gasteiger partial charge in [0.1, 0.15) is 11.3 Å². The van der Waals surface area contributed by atoms with Gasteiger partial charge < -0.3 is 4.42 Å². The van der Waals surface area contributed by atoms with Gasteiger partial charge in [0.15, 0.2) is 0 Å². The van der Waals surface area contributed by atoms with Crippen LogP contribution in [0.4, 0.5) is 0 Å². The number of fused-ring (bicyclic) bond motifs is 2. The van der Waals surface area contributed by atoms with Crippen molar-refractivity contribution < 1.29 is 4.42 Å². The van der Waals surface area contributed by atoms with Crippen LogP contribution < -0.4 is 5.43 Å². The van der Waals surface area contributed by atoms with Gasteiger partial charge in [-0.3, -0.25) is 4.79 Å². The lowest BCUT2D eigenvalue weighted by Gasteiger charge is -2.11. The van der Waals surface area contributed by atoms with E-state index in [0.29, 0.717) is 22.3 Å². The van der Waals surface area contributed by atoms with Crippen molar-refractivity contribution in [3.8, 4) is 0 Å². The first-order chi connectivity index (χ1) is 7.77. The van der Waals surface area contributed by atoms with Crippen molar-refractivity contribution in [1.29, 1.82) is 0 Å². The molecule has 2 heteroatoms. The second kappa shape index (κ2) is 3.20. The Labute approximate surface area is 92.5 Å². The van der Waals surface area contributed by atoms with Crippen LogP contribution in [0.25, 0.3) is 22.6 Å². The third-order valence-electron chi connectivity index (χ3n) is 2.81. The summed E-state index contributed by atoms with van der Waals surface area (Å²) in [4.78, 5) is 12.2. The molecular weight excluding hydrogens is 200 g/mol. The van der Waals surface area contributed by atoms with Gasteiger partial charge in [-0.05, 0) is 30.2 Å². The Kier molecular flexibility index (Phi) is 1.83. The summed E-state index contributed by atoms with van der Waals surface area (Å²) in [6, 6.07) is 7.29. The normalized spacial score (nSPS) is 14.1. The van der Waals surface area contributed by atoms with Gasteiger partial charge in [-0.2, -0.15) is 0 Å². The predicted octanol–water partition coefficient (Wildman–Crippen LogP) is 3.22. The smallest absolute Gasteiger partial charge is 0.200 e. The van der Waals surface area contributed by atoms with E-state index in [-0.39, 0.29) is 5.43 Å². The molecule has 3 rings (SSSR count). The molecule has 0 amide bonds. The highest BCUT2D eigenvalue weighted by Gasteiger charge is 2.16. The molecule has 0 radical (unpaired) electrons. The summed E-state index contributed by atoms with van der Waals surface area (Å²) >= 11 is 0. The minimum absolute atomic E-state index is 0.0196. The van der Waals surface area contributed by atoms with Gasteiger partial charge in [0, 0.05) is 0 Å². The number of hydrogen-bond donors (Lipinski definition) is 0. The zero-order chi connectivity index (χ0) is 11.1. The molecule has 1 aliphatic carbocycles. The van der Waals surface area contributed by atoms with Crippen molar-refractivity contribution in [2.24, 2.45) is 0 Å². The summed E-state index contributed by atoms with van der Waals surface area (Å²) in [5, 5.41) is 0.623. The van der Waals surface area contributed by atoms with E-state index in [4.69, 9.17) is 4.42 Å². The molecular formula is C14H10O2. The van der Waals surface area contributed by atoms with Crippen LogP contribution >= 0.6 is 0 Å². The molecule has 1 heterocycles. The minimum Gasteiger partial charge on any atom is -0.456 e. The van der Waals surface area contributed by atoms with Gasteiger partial charge >= 0.3 is 0 Å². The highest BCUT2D eigenvalue weighted by atomic mass is 16.3. The molecule has 0 aliphatic heterocycles. The molecule has 0 bridgehead atoms. The zero-order valence-corrected chi connectivity index (χ0v) is 8.69. The Bertz CT molecular complexity index is 675. The highest BCUT2D eigenvalue weighted by molar-refractivity contribution is 5.85. The Morgan fingerprint density at radius 1 is 1.25 bits per heavy atom. The molecule has 0 saturated carbocycles. The molecule has 2 aromatic rings. The van der Waals surface area contributed by atoms with E-state index < -0.39 is 0 Å². The van der Waals surface area contributed by atoms with Crippen LogP contribution in [0.3, 0.4) is 0 Å². The molecule has 0 saturated heterocycles. The molecule has 0 spiro atoms. The average Bonchev–Trinajstić information content (AvgIpc) is 2.29. The molecule has 1 aromatic carbocycles. The van der Waals surface area contributed by atoms with Crippen molar-refractivity contribution in [3.05, 3.63) is 58.5 Å². The van der Waals surface area contributed by atoms with Gasteiger partial charge in [0.05, 0.1) is 10.9 Å². The summed E-state index contributed by atoms with van der Waals surface area (Å²) < 4.78 is 5.69. The third-order valence-corrected chi connectivity index (χ3v) is 2.81. The maximum absolute atomic E-state index is 12.2. The third kappa shape index (κ3) is 1.16. The van der Waals surface area contributed by atoms with E-state index >= 15 is 0 Å². The van der Waals surface area contributed by atoms with E-state index in [1.54, 1.807) is 6.07 Å². The number of rotatable bonds is 0. The molecule has 0 fully saturated rings. The van der Waals surface area contributed by atoms with Crippen LogP contribution in [0, 0.1) is 0 Å². The topological polar surface area (TPSA) is 30.2 Å². The lowest BCUT2D eigenvalue weighted by molar-refractivity contribution is 0.587. The molecule has 1 aliphatic rings. The fourth-order valence-electron chi connectivity index (χ4n) is 2.02. The first kappa shape index (κ1) is 9.16. The van der Waals surface area contributed by atoms with E-state index in [9.17, 15) is 4.79 Å². The number of para-hydroxylation sites is 1. The van der Waals surface area contributed by atoms with Crippen molar-refractivity contribution in [1.82, 2.24) is 0 Å². The van der Waals surface area contributed by atoms with Crippen LogP contribution in [0.2, 0.25) is 0 Å². The van der Waals surface area contributed by atoms with E-state index in [1.807, 2.05) is 30.4 Å². The fraction of sp³-hybridized carbons (Fsp3) is 0.0714. The van der Waals surface area contributed by atoms with Gasteiger partial charge in [0.25, 0.3) is 0 Å². The zero-order valence-electron chi connectivity index (χ0n) is 8.69. The number of allylic oxidation sites excluding steroid dienone is 2. The number of benzene rings is 1. The van der Waals surface area contributed by atoms with Gasteiger partial charge in [-0.1, -0.05) is 24.8 Å².